The van der Waals surface area contributed by atoms with E-state index in [1.807, 2.05) is 0 Å². The molecule has 18 heavy (non-hydrogen) atoms. The van der Waals surface area contributed by atoms with Crippen LogP contribution in [0, 0.1) is 0 Å². The van der Waals surface area contributed by atoms with E-state index in [0.29, 0.717) is 15.8 Å². The molecule has 0 atom stereocenters. The maximum atomic E-state index is 11.8. The van der Waals surface area contributed by atoms with Crippen LogP contribution in [0.5, 0.6) is 0 Å². The molecule has 1 heterocycles. The number of carbonyl (C=O) groups is 2. The number of anilines is 1. The summed E-state index contributed by atoms with van der Waals surface area (Å²) in [6, 6.07) is 6.19. The van der Waals surface area contributed by atoms with E-state index in [9.17, 15) is 14.8 Å². The number of hydroxylamine groups is 2. The van der Waals surface area contributed by atoms with E-state index in [2.05, 4.69) is 0 Å². The van der Waals surface area contributed by atoms with Crippen LogP contribution in [0.2, 0.25) is 5.02 Å². The maximum Gasteiger partial charge on any atom is 0.285 e. The van der Waals surface area contributed by atoms with Gasteiger partial charge in [0.2, 0.25) is 0 Å². The molecule has 0 saturated carbocycles. The van der Waals surface area contributed by atoms with Gasteiger partial charge >= 0.3 is 0 Å². The summed E-state index contributed by atoms with van der Waals surface area (Å²) in [6.45, 7) is 0. The van der Waals surface area contributed by atoms with Crippen molar-refractivity contribution >= 4 is 39.9 Å². The Kier molecular flexibility index (Phi) is 2.10. The number of rotatable bonds is 0. The molecule has 0 radical (unpaired) electrons. The van der Waals surface area contributed by atoms with E-state index in [1.54, 1.807) is 12.1 Å². The predicted molar refractivity (Wildman–Crippen MR) is 65.7 cm³/mol. The van der Waals surface area contributed by atoms with Crippen LogP contribution in [0.1, 0.15) is 20.7 Å². The van der Waals surface area contributed by atoms with Gasteiger partial charge in [0.1, 0.15) is 0 Å². The van der Waals surface area contributed by atoms with Gasteiger partial charge < -0.3 is 5.73 Å². The summed E-state index contributed by atoms with van der Waals surface area (Å²) in [5.74, 6) is -1.56. The van der Waals surface area contributed by atoms with Crippen molar-refractivity contribution in [1.82, 2.24) is 5.06 Å². The highest BCUT2D eigenvalue weighted by Crippen LogP contribution is 2.37. The van der Waals surface area contributed by atoms with E-state index < -0.39 is 11.8 Å². The second-order valence-corrected chi connectivity index (χ2v) is 4.36. The number of nitrogens with zero attached hydrogens (tertiary/aromatic N) is 1. The third kappa shape index (κ3) is 1.20. The van der Waals surface area contributed by atoms with Crippen LogP contribution in [0.25, 0.3) is 10.8 Å². The first-order valence-corrected chi connectivity index (χ1v) is 5.48. The zero-order chi connectivity index (χ0) is 13.0. The number of nitrogen functional groups attached to an aromatic ring is 1. The van der Waals surface area contributed by atoms with Gasteiger partial charge in [-0.15, -0.1) is 5.06 Å². The predicted octanol–water partition coefficient (Wildman–Crippen LogP) is 2.06. The van der Waals surface area contributed by atoms with Gasteiger partial charge in [-0.1, -0.05) is 23.7 Å². The molecule has 3 rings (SSSR count). The largest absolute Gasteiger partial charge is 0.397 e. The molecular formula is C12H7ClN2O3. The summed E-state index contributed by atoms with van der Waals surface area (Å²) < 4.78 is 0. The van der Waals surface area contributed by atoms with Crippen molar-refractivity contribution in [3.8, 4) is 0 Å². The van der Waals surface area contributed by atoms with Crippen LogP contribution in [0.4, 0.5) is 5.69 Å². The molecular weight excluding hydrogens is 256 g/mol. The molecule has 0 saturated heterocycles. The summed E-state index contributed by atoms with van der Waals surface area (Å²) in [5, 5.41) is 10.8. The molecule has 0 fully saturated rings. The Morgan fingerprint density at radius 2 is 1.83 bits per heavy atom. The molecule has 1 aliphatic heterocycles. The number of halogens is 1. The van der Waals surface area contributed by atoms with Gasteiger partial charge in [0.05, 0.1) is 21.8 Å². The third-order valence-corrected chi connectivity index (χ3v) is 3.39. The third-order valence-electron chi connectivity index (χ3n) is 2.97. The fraction of sp³-hybridized carbons (Fsp3) is 0. The van der Waals surface area contributed by atoms with Crippen molar-refractivity contribution in [2.24, 2.45) is 0 Å². The Labute approximate surface area is 106 Å². The van der Waals surface area contributed by atoms with Gasteiger partial charge in [-0.05, 0) is 12.1 Å². The maximum absolute atomic E-state index is 11.8. The standard InChI is InChI=1S/C12H7ClN2O3/c13-10-5-2-1-3-6-9(5)7(4-8(10)14)12(17)15(18)11(6)16/h1-4,18H,14H2. The fourth-order valence-corrected chi connectivity index (χ4v) is 2.35. The van der Waals surface area contributed by atoms with Gasteiger partial charge in [-0.3, -0.25) is 14.8 Å². The van der Waals surface area contributed by atoms with E-state index >= 15 is 0 Å². The number of hydrogen-bond donors (Lipinski definition) is 2. The van der Waals surface area contributed by atoms with Crippen LogP contribution < -0.4 is 5.73 Å². The van der Waals surface area contributed by atoms with Crippen molar-refractivity contribution in [2.45, 2.75) is 0 Å². The lowest BCUT2D eigenvalue weighted by atomic mass is 9.94. The average Bonchev–Trinajstić information content (AvgIpc) is 2.38. The molecule has 0 bridgehead atoms. The van der Waals surface area contributed by atoms with Crippen LogP contribution >= 0.6 is 11.6 Å². The topological polar surface area (TPSA) is 83.6 Å². The molecule has 90 valence electrons. The van der Waals surface area contributed by atoms with Gasteiger partial charge in [0.25, 0.3) is 11.8 Å². The van der Waals surface area contributed by atoms with Crippen LogP contribution in [0.15, 0.2) is 24.3 Å². The van der Waals surface area contributed by atoms with Gasteiger partial charge in [0.15, 0.2) is 0 Å². The minimum atomic E-state index is -0.799. The normalized spacial score (nSPS) is 14.4. The first-order valence-electron chi connectivity index (χ1n) is 5.10. The van der Waals surface area contributed by atoms with Crippen molar-refractivity contribution in [3.63, 3.8) is 0 Å². The molecule has 2 aromatic rings. The number of carbonyl (C=O) groups excluding carboxylic acids is 2. The molecule has 0 spiro atoms. The fourth-order valence-electron chi connectivity index (χ4n) is 2.14. The number of nitrogens with two attached hydrogens (primary N) is 1. The molecule has 1 aliphatic rings. The first kappa shape index (κ1) is 11.0. The van der Waals surface area contributed by atoms with Crippen LogP contribution in [-0.4, -0.2) is 22.1 Å². The Bertz CT molecular complexity index is 727. The summed E-state index contributed by atoms with van der Waals surface area (Å²) in [6.07, 6.45) is 0. The molecule has 0 aromatic heterocycles. The summed E-state index contributed by atoms with van der Waals surface area (Å²) in [4.78, 5) is 23.6. The monoisotopic (exact) mass is 262 g/mol. The van der Waals surface area contributed by atoms with Gasteiger partial charge in [0, 0.05) is 10.8 Å². The van der Waals surface area contributed by atoms with Crippen molar-refractivity contribution < 1.29 is 14.8 Å². The highest BCUT2D eigenvalue weighted by Gasteiger charge is 2.33. The van der Waals surface area contributed by atoms with E-state index in [-0.39, 0.29) is 21.9 Å². The molecule has 3 N–H and O–H groups in total. The number of imide groups is 1. The second kappa shape index (κ2) is 3.44. The minimum Gasteiger partial charge on any atom is -0.397 e. The molecule has 5 nitrogen and oxygen atoms in total. The lowest BCUT2D eigenvalue weighted by Gasteiger charge is -2.22. The zero-order valence-electron chi connectivity index (χ0n) is 8.98. The lowest BCUT2D eigenvalue weighted by molar-refractivity contribution is -0.0377. The Morgan fingerprint density at radius 1 is 1.17 bits per heavy atom. The Hall–Kier alpha value is -2.11. The van der Waals surface area contributed by atoms with E-state index in [1.165, 1.54) is 12.1 Å². The van der Waals surface area contributed by atoms with Crippen molar-refractivity contribution in [1.29, 1.82) is 0 Å². The van der Waals surface area contributed by atoms with Crippen LogP contribution in [-0.2, 0) is 0 Å². The number of amides is 2. The highest BCUT2D eigenvalue weighted by molar-refractivity contribution is 6.40. The molecule has 0 unspecified atom stereocenters. The zero-order valence-corrected chi connectivity index (χ0v) is 9.73. The first-order chi connectivity index (χ1) is 8.52. The number of hydrogen-bond acceptors (Lipinski definition) is 4. The van der Waals surface area contributed by atoms with Gasteiger partial charge in [-0.2, -0.15) is 0 Å². The Morgan fingerprint density at radius 3 is 2.56 bits per heavy atom. The SMILES string of the molecule is Nc1cc2c3c(cccc3c1Cl)C(=O)N(O)C2=O. The summed E-state index contributed by atoms with van der Waals surface area (Å²) >= 11 is 6.06. The van der Waals surface area contributed by atoms with Crippen LogP contribution in [0.3, 0.4) is 0 Å². The minimum absolute atomic E-state index is 0.0877. The summed E-state index contributed by atoms with van der Waals surface area (Å²) in [5.41, 5.74) is 6.34. The van der Waals surface area contributed by atoms with Crippen molar-refractivity contribution in [2.75, 3.05) is 5.73 Å². The van der Waals surface area contributed by atoms with Crippen molar-refractivity contribution in [3.05, 3.63) is 40.4 Å². The smallest absolute Gasteiger partial charge is 0.285 e. The molecule has 2 amide bonds. The number of benzene rings is 2. The molecule has 2 aromatic carbocycles. The van der Waals surface area contributed by atoms with E-state index in [4.69, 9.17) is 17.3 Å². The quantitative estimate of drug-likeness (QED) is 0.432. The highest BCUT2D eigenvalue weighted by atomic mass is 35.5. The molecule has 0 aliphatic carbocycles. The summed E-state index contributed by atoms with van der Waals surface area (Å²) in [7, 11) is 0. The Balaban J connectivity index is 2.57. The van der Waals surface area contributed by atoms with Gasteiger partial charge in [-0.25, -0.2) is 0 Å². The second-order valence-electron chi connectivity index (χ2n) is 3.98. The average molecular weight is 263 g/mol. The molecule has 6 heteroatoms. The van der Waals surface area contributed by atoms with E-state index in [0.717, 1.165) is 0 Å². The lowest BCUT2D eigenvalue weighted by Crippen LogP contribution is -2.37.